The summed E-state index contributed by atoms with van der Waals surface area (Å²) in [6.07, 6.45) is 4.41. The molecule has 15 heavy (non-hydrogen) atoms. The zero-order chi connectivity index (χ0) is 11.5. The first kappa shape index (κ1) is 11.8. The third-order valence-corrected chi connectivity index (χ3v) is 3.00. The van der Waals surface area contributed by atoms with E-state index in [1.165, 1.54) is 0 Å². The molecule has 1 aliphatic heterocycles. The van der Waals surface area contributed by atoms with E-state index in [9.17, 15) is 9.59 Å². The van der Waals surface area contributed by atoms with Gasteiger partial charge < -0.3 is 10.2 Å². The molecule has 0 bridgehead atoms. The fourth-order valence-corrected chi connectivity index (χ4v) is 1.71. The number of allylic oxidation sites excluding steroid dienone is 1. The molecule has 0 radical (unpaired) electrons. The Labute approximate surface area is 90.3 Å². The Kier molecular flexibility index (Phi) is 3.50. The van der Waals surface area contributed by atoms with Gasteiger partial charge in [0.15, 0.2) is 0 Å². The summed E-state index contributed by atoms with van der Waals surface area (Å²) >= 11 is 0. The molecule has 0 spiro atoms. The van der Waals surface area contributed by atoms with Gasteiger partial charge in [-0.15, -0.1) is 0 Å². The summed E-state index contributed by atoms with van der Waals surface area (Å²) in [5.74, 6) is -0.0776. The van der Waals surface area contributed by atoms with Gasteiger partial charge in [0.05, 0.1) is 6.54 Å². The predicted molar refractivity (Wildman–Crippen MR) is 58.2 cm³/mol. The molecule has 1 unspecified atom stereocenters. The van der Waals surface area contributed by atoms with Crippen molar-refractivity contribution in [2.75, 3.05) is 13.1 Å². The minimum Gasteiger partial charge on any atom is -0.345 e. The summed E-state index contributed by atoms with van der Waals surface area (Å²) in [4.78, 5) is 25.1. The van der Waals surface area contributed by atoms with Gasteiger partial charge in [-0.1, -0.05) is 19.1 Å². The van der Waals surface area contributed by atoms with Crippen LogP contribution < -0.4 is 5.32 Å². The quantitative estimate of drug-likeness (QED) is 0.697. The van der Waals surface area contributed by atoms with Crippen molar-refractivity contribution in [3.63, 3.8) is 0 Å². The first-order chi connectivity index (χ1) is 7.06. The number of carbonyl (C=O) groups is 2. The van der Waals surface area contributed by atoms with Crippen LogP contribution >= 0.6 is 0 Å². The van der Waals surface area contributed by atoms with Crippen molar-refractivity contribution < 1.29 is 9.59 Å². The van der Waals surface area contributed by atoms with Gasteiger partial charge in [-0.25, -0.2) is 0 Å². The van der Waals surface area contributed by atoms with E-state index in [-0.39, 0.29) is 18.4 Å². The summed E-state index contributed by atoms with van der Waals surface area (Å²) < 4.78 is 0. The molecule has 1 atom stereocenters. The van der Waals surface area contributed by atoms with Crippen molar-refractivity contribution in [1.29, 1.82) is 0 Å². The van der Waals surface area contributed by atoms with E-state index in [0.717, 1.165) is 0 Å². The van der Waals surface area contributed by atoms with Gasteiger partial charge in [0.1, 0.15) is 5.54 Å². The van der Waals surface area contributed by atoms with E-state index < -0.39 is 5.54 Å². The molecule has 2 amide bonds. The third-order valence-electron chi connectivity index (χ3n) is 3.00. The van der Waals surface area contributed by atoms with Crippen LogP contribution in [0.1, 0.15) is 27.2 Å². The molecule has 1 N–H and O–H groups in total. The van der Waals surface area contributed by atoms with Crippen LogP contribution in [0, 0.1) is 0 Å². The monoisotopic (exact) mass is 210 g/mol. The number of hydrogen-bond donors (Lipinski definition) is 1. The Morgan fingerprint density at radius 2 is 2.20 bits per heavy atom. The molecule has 1 fully saturated rings. The lowest BCUT2D eigenvalue weighted by molar-refractivity contribution is -0.152. The van der Waals surface area contributed by atoms with Crippen molar-refractivity contribution in [2.45, 2.75) is 32.7 Å². The molecule has 0 aromatic heterocycles. The van der Waals surface area contributed by atoms with Gasteiger partial charge in [-0.05, 0) is 20.3 Å². The normalized spacial score (nSPS) is 27.3. The molecule has 1 rings (SSSR count). The van der Waals surface area contributed by atoms with Crippen molar-refractivity contribution >= 4 is 11.8 Å². The number of hydrogen-bond acceptors (Lipinski definition) is 2. The topological polar surface area (TPSA) is 49.4 Å². The van der Waals surface area contributed by atoms with E-state index in [2.05, 4.69) is 5.32 Å². The first-order valence-corrected chi connectivity index (χ1v) is 5.26. The largest absolute Gasteiger partial charge is 0.345 e. The highest BCUT2D eigenvalue weighted by atomic mass is 16.2. The molecule has 84 valence electrons. The minimum atomic E-state index is -0.700. The van der Waals surface area contributed by atoms with Crippen LogP contribution in [0.3, 0.4) is 0 Å². The second-order valence-corrected chi connectivity index (χ2v) is 3.88. The average molecular weight is 210 g/mol. The zero-order valence-electron chi connectivity index (χ0n) is 9.54. The molecule has 0 aromatic rings. The zero-order valence-corrected chi connectivity index (χ0v) is 9.54. The molecular weight excluding hydrogens is 192 g/mol. The maximum atomic E-state index is 11.7. The van der Waals surface area contributed by atoms with Crippen LogP contribution in [0.15, 0.2) is 12.2 Å². The van der Waals surface area contributed by atoms with Crippen LogP contribution in [-0.4, -0.2) is 35.3 Å². The summed E-state index contributed by atoms with van der Waals surface area (Å²) in [7, 11) is 0. The van der Waals surface area contributed by atoms with Gasteiger partial charge in [0.2, 0.25) is 11.8 Å². The molecule has 0 aliphatic carbocycles. The van der Waals surface area contributed by atoms with Crippen molar-refractivity contribution in [3.8, 4) is 0 Å². The summed E-state index contributed by atoms with van der Waals surface area (Å²) in [6.45, 7) is 6.25. The molecule has 0 saturated carbocycles. The summed E-state index contributed by atoms with van der Waals surface area (Å²) in [5, 5.41) is 2.63. The van der Waals surface area contributed by atoms with Crippen molar-refractivity contribution in [1.82, 2.24) is 10.2 Å². The second kappa shape index (κ2) is 4.47. The van der Waals surface area contributed by atoms with Crippen molar-refractivity contribution in [2.24, 2.45) is 0 Å². The number of nitrogens with one attached hydrogen (secondary N) is 1. The highest BCUT2D eigenvalue weighted by molar-refractivity contribution is 5.97. The average Bonchev–Trinajstić information content (AvgIpc) is 2.24. The van der Waals surface area contributed by atoms with E-state index in [0.29, 0.717) is 13.0 Å². The smallest absolute Gasteiger partial charge is 0.246 e. The highest BCUT2D eigenvalue weighted by Crippen LogP contribution is 2.22. The lowest BCUT2D eigenvalue weighted by atomic mass is 9.92. The third kappa shape index (κ3) is 2.03. The predicted octanol–water partition coefficient (Wildman–Crippen LogP) is 0.690. The summed E-state index contributed by atoms with van der Waals surface area (Å²) in [6, 6.07) is 0. The fraction of sp³-hybridized carbons (Fsp3) is 0.636. The molecule has 1 aliphatic rings. The van der Waals surface area contributed by atoms with Gasteiger partial charge in [-0.3, -0.25) is 9.59 Å². The number of carbonyl (C=O) groups excluding carboxylic acids is 2. The Hall–Kier alpha value is -1.32. The maximum absolute atomic E-state index is 11.7. The lowest BCUT2D eigenvalue weighted by Gasteiger charge is -2.42. The standard InChI is InChI=1S/C11H18N2O2/c1-4-6-7-13-9(14)8-12-10(15)11(13,3)5-2/h4,6H,5,7-8H2,1-3H3,(H,12,15)/b6-4+. The Morgan fingerprint density at radius 3 is 2.73 bits per heavy atom. The van der Waals surface area contributed by atoms with Crippen LogP contribution in [-0.2, 0) is 9.59 Å². The molecule has 1 saturated heterocycles. The first-order valence-electron chi connectivity index (χ1n) is 5.26. The highest BCUT2D eigenvalue weighted by Gasteiger charge is 2.43. The second-order valence-electron chi connectivity index (χ2n) is 3.88. The molecule has 4 nitrogen and oxygen atoms in total. The fourth-order valence-electron chi connectivity index (χ4n) is 1.71. The van der Waals surface area contributed by atoms with Gasteiger partial charge in [-0.2, -0.15) is 0 Å². The number of amides is 2. The molecule has 0 aromatic carbocycles. The van der Waals surface area contributed by atoms with Gasteiger partial charge in [0.25, 0.3) is 0 Å². The maximum Gasteiger partial charge on any atom is 0.246 e. The number of nitrogens with zero attached hydrogens (tertiary/aromatic N) is 1. The minimum absolute atomic E-state index is 0.0166. The van der Waals surface area contributed by atoms with Crippen LogP contribution in [0.2, 0.25) is 0 Å². The van der Waals surface area contributed by atoms with E-state index >= 15 is 0 Å². The van der Waals surface area contributed by atoms with E-state index in [4.69, 9.17) is 0 Å². The Balaban J connectivity index is 2.93. The Bertz CT molecular complexity index is 299. The van der Waals surface area contributed by atoms with Crippen LogP contribution in [0.4, 0.5) is 0 Å². The van der Waals surface area contributed by atoms with Gasteiger partial charge in [0, 0.05) is 6.54 Å². The summed E-state index contributed by atoms with van der Waals surface area (Å²) in [5.41, 5.74) is -0.700. The van der Waals surface area contributed by atoms with E-state index in [1.807, 2.05) is 32.9 Å². The molecular formula is C11H18N2O2. The Morgan fingerprint density at radius 1 is 1.53 bits per heavy atom. The number of rotatable bonds is 3. The molecule has 1 heterocycles. The SMILES string of the molecule is C/C=C/CN1C(=O)CNC(=O)C1(C)CC. The van der Waals surface area contributed by atoms with Crippen LogP contribution in [0.25, 0.3) is 0 Å². The van der Waals surface area contributed by atoms with Crippen molar-refractivity contribution in [3.05, 3.63) is 12.2 Å². The van der Waals surface area contributed by atoms with Gasteiger partial charge >= 0.3 is 0 Å². The van der Waals surface area contributed by atoms with E-state index in [1.54, 1.807) is 4.90 Å². The molecule has 4 heteroatoms. The van der Waals surface area contributed by atoms with Crippen LogP contribution in [0.5, 0.6) is 0 Å². The lowest BCUT2D eigenvalue weighted by Crippen LogP contribution is -2.65. The number of piperazine rings is 1.